The maximum Gasteiger partial charge on any atom is 0.294 e. The van der Waals surface area contributed by atoms with Gasteiger partial charge in [-0.2, -0.15) is 0 Å². The molecule has 2 aliphatic rings. The van der Waals surface area contributed by atoms with Crippen LogP contribution in [-0.4, -0.2) is 66.2 Å². The Hall–Kier alpha value is -2.97. The molecule has 9 heteroatoms. The number of ether oxygens (including phenoxy) is 1. The minimum atomic E-state index is -0.483. The van der Waals surface area contributed by atoms with Crippen molar-refractivity contribution in [1.82, 2.24) is 9.80 Å². The van der Waals surface area contributed by atoms with Gasteiger partial charge in [-0.05, 0) is 55.1 Å². The standard InChI is InChI=1S/C24H24ClN3O4S/c1-2-32-20-9-8-18(25)14-17(20)15-21-23(30)28(24(31)33-21)16-22(29)27-12-10-26(11-13-27)19-6-4-3-5-7-19/h3-9,14-15H,2,10-13,16H2,1H3/b21-15+. The summed E-state index contributed by atoms with van der Waals surface area (Å²) in [5.41, 5.74) is 1.73. The molecule has 172 valence electrons. The summed E-state index contributed by atoms with van der Waals surface area (Å²) in [5, 5.41) is 0.0382. The van der Waals surface area contributed by atoms with Crippen LogP contribution in [0.2, 0.25) is 5.02 Å². The van der Waals surface area contributed by atoms with Gasteiger partial charge in [0.1, 0.15) is 12.3 Å². The molecule has 3 amide bonds. The summed E-state index contributed by atoms with van der Waals surface area (Å²) in [5.74, 6) is -0.145. The maximum atomic E-state index is 12.9. The Kier molecular flexibility index (Phi) is 7.25. The lowest BCUT2D eigenvalue weighted by atomic mass is 10.2. The van der Waals surface area contributed by atoms with E-state index in [2.05, 4.69) is 4.90 Å². The van der Waals surface area contributed by atoms with E-state index in [1.807, 2.05) is 37.3 Å². The van der Waals surface area contributed by atoms with Gasteiger partial charge in [-0.15, -0.1) is 0 Å². The topological polar surface area (TPSA) is 70.2 Å². The summed E-state index contributed by atoms with van der Waals surface area (Å²) < 4.78 is 5.59. The molecule has 0 saturated carbocycles. The van der Waals surface area contributed by atoms with E-state index in [0.717, 1.165) is 22.3 Å². The third-order valence-corrected chi connectivity index (χ3v) is 6.62. The Labute approximate surface area is 201 Å². The number of para-hydroxylation sites is 1. The van der Waals surface area contributed by atoms with Gasteiger partial charge in [0, 0.05) is 42.5 Å². The lowest BCUT2D eigenvalue weighted by Crippen LogP contribution is -2.51. The molecule has 2 aliphatic heterocycles. The molecule has 2 aromatic rings. The van der Waals surface area contributed by atoms with Crippen LogP contribution in [0.5, 0.6) is 5.75 Å². The summed E-state index contributed by atoms with van der Waals surface area (Å²) >= 11 is 6.91. The number of amides is 3. The largest absolute Gasteiger partial charge is 0.493 e. The van der Waals surface area contributed by atoms with Gasteiger partial charge in [0.25, 0.3) is 11.1 Å². The summed E-state index contributed by atoms with van der Waals surface area (Å²) in [6, 6.07) is 15.1. The number of hydrogen-bond donors (Lipinski definition) is 0. The number of benzene rings is 2. The summed E-state index contributed by atoms with van der Waals surface area (Å²) in [7, 11) is 0. The van der Waals surface area contributed by atoms with Crippen molar-refractivity contribution in [1.29, 1.82) is 0 Å². The molecule has 0 bridgehead atoms. The Morgan fingerprint density at radius 2 is 1.82 bits per heavy atom. The highest BCUT2D eigenvalue weighted by Gasteiger charge is 2.37. The monoisotopic (exact) mass is 485 g/mol. The van der Waals surface area contributed by atoms with Crippen molar-refractivity contribution in [2.24, 2.45) is 0 Å². The summed E-state index contributed by atoms with van der Waals surface area (Å²) in [4.78, 5) is 43.4. The molecule has 33 heavy (non-hydrogen) atoms. The zero-order chi connectivity index (χ0) is 23.4. The highest BCUT2D eigenvalue weighted by atomic mass is 35.5. The van der Waals surface area contributed by atoms with Crippen molar-refractivity contribution in [3.63, 3.8) is 0 Å². The average molecular weight is 486 g/mol. The first kappa shape index (κ1) is 23.2. The molecule has 0 aliphatic carbocycles. The molecule has 2 saturated heterocycles. The molecule has 0 atom stereocenters. The number of nitrogens with zero attached hydrogens (tertiary/aromatic N) is 3. The minimum absolute atomic E-state index is 0.232. The van der Waals surface area contributed by atoms with Crippen LogP contribution in [0.4, 0.5) is 10.5 Å². The number of carbonyl (C=O) groups excluding carboxylic acids is 3. The van der Waals surface area contributed by atoms with Crippen LogP contribution in [0.1, 0.15) is 12.5 Å². The fourth-order valence-corrected chi connectivity index (χ4v) is 4.79. The van der Waals surface area contributed by atoms with Crippen molar-refractivity contribution >= 4 is 52.2 Å². The smallest absolute Gasteiger partial charge is 0.294 e. The number of thioether (sulfide) groups is 1. The zero-order valence-electron chi connectivity index (χ0n) is 18.2. The molecule has 2 aromatic carbocycles. The van der Waals surface area contributed by atoms with Gasteiger partial charge in [0.2, 0.25) is 5.91 Å². The predicted octanol–water partition coefficient (Wildman–Crippen LogP) is 4.12. The molecule has 0 spiro atoms. The second kappa shape index (κ2) is 10.3. The first-order chi connectivity index (χ1) is 16.0. The molecule has 0 unspecified atom stereocenters. The second-order valence-corrected chi connectivity index (χ2v) is 9.02. The number of imide groups is 1. The van der Waals surface area contributed by atoms with Crippen LogP contribution in [0.15, 0.2) is 53.4 Å². The van der Waals surface area contributed by atoms with Gasteiger partial charge in [-0.25, -0.2) is 0 Å². The van der Waals surface area contributed by atoms with Gasteiger partial charge in [0.05, 0.1) is 11.5 Å². The van der Waals surface area contributed by atoms with Crippen LogP contribution in [-0.2, 0) is 9.59 Å². The molecule has 0 aromatic heterocycles. The Bertz CT molecular complexity index is 1080. The number of rotatable bonds is 6. The third kappa shape index (κ3) is 5.34. The zero-order valence-corrected chi connectivity index (χ0v) is 19.8. The van der Waals surface area contributed by atoms with E-state index in [0.29, 0.717) is 49.1 Å². The first-order valence-corrected chi connectivity index (χ1v) is 11.9. The Balaban J connectivity index is 1.40. The van der Waals surface area contributed by atoms with Crippen molar-refractivity contribution < 1.29 is 19.1 Å². The van der Waals surface area contributed by atoms with Gasteiger partial charge in [0.15, 0.2) is 0 Å². The molecular weight excluding hydrogens is 462 g/mol. The molecule has 0 radical (unpaired) electrons. The van der Waals surface area contributed by atoms with Crippen molar-refractivity contribution in [2.45, 2.75) is 6.92 Å². The number of anilines is 1. The second-order valence-electron chi connectivity index (χ2n) is 7.59. The third-order valence-electron chi connectivity index (χ3n) is 5.48. The molecule has 4 rings (SSSR count). The average Bonchev–Trinajstić information content (AvgIpc) is 3.09. The van der Waals surface area contributed by atoms with Crippen LogP contribution in [0.3, 0.4) is 0 Å². The fourth-order valence-electron chi connectivity index (χ4n) is 3.78. The fraction of sp³-hybridized carbons (Fsp3) is 0.292. The number of hydrogen-bond acceptors (Lipinski definition) is 6. The molecule has 2 heterocycles. The first-order valence-electron chi connectivity index (χ1n) is 10.7. The van der Waals surface area contributed by atoms with E-state index in [4.69, 9.17) is 16.3 Å². The highest BCUT2D eigenvalue weighted by Crippen LogP contribution is 2.35. The lowest BCUT2D eigenvalue weighted by molar-refractivity contribution is -0.136. The Morgan fingerprint density at radius 3 is 2.52 bits per heavy atom. The van der Waals surface area contributed by atoms with E-state index in [1.165, 1.54) is 0 Å². The molecule has 0 N–H and O–H groups in total. The van der Waals surface area contributed by atoms with E-state index in [-0.39, 0.29) is 17.4 Å². The summed E-state index contributed by atoms with van der Waals surface area (Å²) in [6.07, 6.45) is 1.59. The Morgan fingerprint density at radius 1 is 1.09 bits per heavy atom. The maximum absolute atomic E-state index is 12.9. The van der Waals surface area contributed by atoms with Gasteiger partial charge in [-0.1, -0.05) is 29.8 Å². The van der Waals surface area contributed by atoms with Crippen LogP contribution < -0.4 is 9.64 Å². The van der Waals surface area contributed by atoms with Crippen molar-refractivity contribution in [2.75, 3.05) is 44.2 Å². The van der Waals surface area contributed by atoms with Crippen LogP contribution in [0, 0.1) is 0 Å². The van der Waals surface area contributed by atoms with E-state index in [9.17, 15) is 14.4 Å². The molecule has 2 fully saturated rings. The van der Waals surface area contributed by atoms with E-state index >= 15 is 0 Å². The van der Waals surface area contributed by atoms with Crippen LogP contribution in [0.25, 0.3) is 6.08 Å². The van der Waals surface area contributed by atoms with Gasteiger partial charge >= 0.3 is 0 Å². The SMILES string of the molecule is CCOc1ccc(Cl)cc1/C=C1/SC(=O)N(CC(=O)N2CCN(c3ccccc3)CC2)C1=O. The van der Waals surface area contributed by atoms with Crippen molar-refractivity contribution in [3.05, 3.63) is 64.0 Å². The number of carbonyl (C=O) groups is 3. The quantitative estimate of drug-likeness (QED) is 0.573. The molecule has 7 nitrogen and oxygen atoms in total. The van der Waals surface area contributed by atoms with E-state index < -0.39 is 11.1 Å². The lowest BCUT2D eigenvalue weighted by Gasteiger charge is -2.36. The van der Waals surface area contributed by atoms with Gasteiger partial charge in [-0.3, -0.25) is 19.3 Å². The number of piperazine rings is 1. The summed E-state index contributed by atoms with van der Waals surface area (Å²) in [6.45, 7) is 4.54. The number of halogens is 1. The normalized spacial score (nSPS) is 17.8. The van der Waals surface area contributed by atoms with Crippen molar-refractivity contribution in [3.8, 4) is 5.75 Å². The minimum Gasteiger partial charge on any atom is -0.493 e. The van der Waals surface area contributed by atoms with Crippen LogP contribution >= 0.6 is 23.4 Å². The van der Waals surface area contributed by atoms with Gasteiger partial charge < -0.3 is 14.5 Å². The molecular formula is C24H24ClN3O4S. The highest BCUT2D eigenvalue weighted by molar-refractivity contribution is 8.18. The van der Waals surface area contributed by atoms with E-state index in [1.54, 1.807) is 29.2 Å². The predicted molar refractivity (Wildman–Crippen MR) is 131 cm³/mol.